The lowest BCUT2D eigenvalue weighted by Gasteiger charge is -2.33. The highest BCUT2D eigenvalue weighted by Crippen LogP contribution is 2.28. The summed E-state index contributed by atoms with van der Waals surface area (Å²) < 4.78 is 10.9. The molecular weight excluding hydrogens is 597 g/mol. The average Bonchev–Trinajstić information content (AvgIpc) is 3.51. The number of benzene rings is 1. The minimum atomic E-state index is -0.692. The van der Waals surface area contributed by atoms with Gasteiger partial charge in [-0.05, 0) is 101 Å². The third-order valence-corrected chi connectivity index (χ3v) is 11.0. The quantitative estimate of drug-likeness (QED) is 0.296. The molecule has 2 heterocycles. The molecule has 3 N–H and O–H groups in total. The summed E-state index contributed by atoms with van der Waals surface area (Å²) in [6, 6.07) is 6.61. The van der Waals surface area contributed by atoms with Gasteiger partial charge in [-0.25, -0.2) is 4.79 Å². The largest absolute Gasteiger partial charge is 0.497 e. The highest BCUT2D eigenvalue weighted by molar-refractivity contribution is 7.99. The fraction of sp³-hybridized carbons (Fsp3) is 0.727. The van der Waals surface area contributed by atoms with Crippen molar-refractivity contribution in [3.8, 4) is 5.75 Å². The van der Waals surface area contributed by atoms with E-state index in [9.17, 15) is 14.4 Å². The zero-order valence-corrected chi connectivity index (χ0v) is 28.5. The molecule has 1 aliphatic carbocycles. The second kappa shape index (κ2) is 17.0. The maximum absolute atomic E-state index is 14.0. The molecule has 3 atom stereocenters. The maximum Gasteiger partial charge on any atom is 0.411 e. The highest BCUT2D eigenvalue weighted by atomic mass is 32.2. The van der Waals surface area contributed by atoms with Gasteiger partial charge in [-0.2, -0.15) is 11.8 Å². The molecule has 9 nitrogen and oxygen atoms in total. The van der Waals surface area contributed by atoms with E-state index in [1.165, 1.54) is 48.8 Å². The van der Waals surface area contributed by atoms with Crippen molar-refractivity contribution >= 4 is 41.4 Å². The van der Waals surface area contributed by atoms with Gasteiger partial charge in [0.15, 0.2) is 0 Å². The fourth-order valence-electron chi connectivity index (χ4n) is 6.20. The van der Waals surface area contributed by atoms with E-state index in [1.54, 1.807) is 18.9 Å². The normalized spacial score (nSPS) is 21.4. The molecule has 2 aliphatic heterocycles. The number of amides is 3. The van der Waals surface area contributed by atoms with Gasteiger partial charge < -0.3 is 25.4 Å². The Labute approximate surface area is 272 Å². The summed E-state index contributed by atoms with van der Waals surface area (Å²) in [6.45, 7) is 7.31. The Balaban J connectivity index is 1.46. The Hall–Kier alpha value is -2.11. The molecule has 11 heteroatoms. The first-order valence-electron chi connectivity index (χ1n) is 16.2. The Morgan fingerprint density at radius 3 is 2.41 bits per heavy atom. The number of nitrogens with one attached hydrogen (secondary N) is 3. The molecule has 1 unspecified atom stereocenters. The second-order valence-corrected chi connectivity index (χ2v) is 15.4. The van der Waals surface area contributed by atoms with Crippen LogP contribution >= 0.6 is 23.5 Å². The molecule has 1 saturated carbocycles. The molecule has 0 spiro atoms. The van der Waals surface area contributed by atoms with E-state index in [2.05, 4.69) is 28.1 Å². The number of methoxy groups -OCH3 is 1. The molecule has 1 aromatic rings. The maximum atomic E-state index is 14.0. The molecule has 3 amide bonds. The van der Waals surface area contributed by atoms with Gasteiger partial charge in [0.2, 0.25) is 11.8 Å². The Kier molecular flexibility index (Phi) is 13.4. The molecule has 0 bridgehead atoms. The predicted molar refractivity (Wildman–Crippen MR) is 179 cm³/mol. The van der Waals surface area contributed by atoms with E-state index in [4.69, 9.17) is 9.47 Å². The summed E-state index contributed by atoms with van der Waals surface area (Å²) in [5.41, 5.74) is 0.481. The van der Waals surface area contributed by atoms with Gasteiger partial charge in [0.25, 0.3) is 0 Å². The minimum absolute atomic E-state index is 0.0546. The summed E-state index contributed by atoms with van der Waals surface area (Å²) >= 11 is 3.28. The molecule has 44 heavy (non-hydrogen) atoms. The Morgan fingerprint density at radius 2 is 1.75 bits per heavy atom. The lowest BCUT2D eigenvalue weighted by atomic mass is 9.86. The summed E-state index contributed by atoms with van der Waals surface area (Å²) in [5, 5.41) is 9.88. The average molecular weight is 649 g/mol. The third kappa shape index (κ3) is 10.8. The van der Waals surface area contributed by atoms with Gasteiger partial charge in [0.05, 0.1) is 13.0 Å². The van der Waals surface area contributed by atoms with Crippen molar-refractivity contribution in [1.82, 2.24) is 20.9 Å². The van der Waals surface area contributed by atoms with E-state index in [1.807, 2.05) is 32.9 Å². The number of ether oxygens (including phenoxy) is 2. The van der Waals surface area contributed by atoms with Crippen molar-refractivity contribution in [3.05, 3.63) is 29.8 Å². The molecule has 3 fully saturated rings. The van der Waals surface area contributed by atoms with Crippen molar-refractivity contribution in [2.75, 3.05) is 43.3 Å². The third-order valence-electron chi connectivity index (χ3n) is 8.70. The number of hydrogen-bond donors (Lipinski definition) is 3. The lowest BCUT2D eigenvalue weighted by molar-refractivity contribution is -0.131. The predicted octanol–water partition coefficient (Wildman–Crippen LogP) is 4.83. The number of piperidine rings is 1. The summed E-state index contributed by atoms with van der Waals surface area (Å²) in [7, 11) is 1.66. The molecule has 0 aromatic heterocycles. The van der Waals surface area contributed by atoms with E-state index < -0.39 is 23.8 Å². The molecule has 1 aromatic carbocycles. The van der Waals surface area contributed by atoms with Gasteiger partial charge in [0, 0.05) is 17.5 Å². The van der Waals surface area contributed by atoms with Crippen molar-refractivity contribution in [2.24, 2.45) is 11.8 Å². The van der Waals surface area contributed by atoms with Gasteiger partial charge >= 0.3 is 6.09 Å². The van der Waals surface area contributed by atoms with Crippen molar-refractivity contribution in [3.63, 3.8) is 0 Å². The standard InChI is InChI=1S/C33H52N4O5S2/c1-33(2,3)42-32(40)37-22-44-21-29(37)31(39)36-28(20-43-19-24-8-6-5-7-9-24)30(38)35-27(25-14-16-34-17-15-25)18-23-10-12-26(41-4)13-11-23/h10-13,24-25,27-29,34H,5-9,14-22H2,1-4H3,(H,35,38)(H,36,39)/t27?,28-,29-/m0/s1. The van der Waals surface area contributed by atoms with Crippen molar-refractivity contribution < 1.29 is 23.9 Å². The van der Waals surface area contributed by atoms with Crippen LogP contribution in [0.4, 0.5) is 4.79 Å². The zero-order chi connectivity index (χ0) is 31.5. The van der Waals surface area contributed by atoms with Crippen LogP contribution in [0.1, 0.15) is 71.3 Å². The molecular formula is C33H52N4O5S2. The molecule has 0 radical (unpaired) electrons. The minimum Gasteiger partial charge on any atom is -0.497 e. The first-order valence-corrected chi connectivity index (χ1v) is 18.5. The number of carbonyl (C=O) groups is 3. The highest BCUT2D eigenvalue weighted by Gasteiger charge is 2.39. The first-order chi connectivity index (χ1) is 21.1. The molecule has 246 valence electrons. The smallest absolute Gasteiger partial charge is 0.411 e. The number of nitrogens with zero attached hydrogens (tertiary/aromatic N) is 1. The van der Waals surface area contributed by atoms with Crippen molar-refractivity contribution in [1.29, 1.82) is 0 Å². The fourth-order valence-corrected chi connectivity index (χ4v) is 8.61. The molecule has 3 aliphatic rings. The van der Waals surface area contributed by atoms with Gasteiger partial charge in [-0.15, -0.1) is 11.8 Å². The molecule has 4 rings (SSSR count). The van der Waals surface area contributed by atoms with E-state index in [0.29, 0.717) is 35.6 Å². The van der Waals surface area contributed by atoms with Crippen LogP contribution in [0.3, 0.4) is 0 Å². The number of hydrogen-bond acceptors (Lipinski definition) is 8. The number of thioether (sulfide) groups is 2. The van der Waals surface area contributed by atoms with Crippen LogP contribution in [0.2, 0.25) is 0 Å². The van der Waals surface area contributed by atoms with Crippen LogP contribution in [0.25, 0.3) is 0 Å². The van der Waals surface area contributed by atoms with Gasteiger partial charge in [-0.3, -0.25) is 14.5 Å². The van der Waals surface area contributed by atoms with Crippen LogP contribution in [-0.2, 0) is 20.7 Å². The Bertz CT molecular complexity index is 1070. The van der Waals surface area contributed by atoms with Crippen LogP contribution in [0, 0.1) is 11.8 Å². The topological polar surface area (TPSA) is 109 Å². The number of carbonyl (C=O) groups excluding carboxylic acids is 3. The summed E-state index contributed by atoms with van der Waals surface area (Å²) in [5.74, 6) is 3.72. The Morgan fingerprint density at radius 1 is 1.05 bits per heavy atom. The van der Waals surface area contributed by atoms with E-state index in [0.717, 1.165) is 43.0 Å². The summed E-state index contributed by atoms with van der Waals surface area (Å²) in [4.78, 5) is 42.1. The van der Waals surface area contributed by atoms with Crippen LogP contribution in [0.15, 0.2) is 24.3 Å². The van der Waals surface area contributed by atoms with E-state index >= 15 is 0 Å². The molecule has 2 saturated heterocycles. The monoisotopic (exact) mass is 648 g/mol. The lowest BCUT2D eigenvalue weighted by Crippen LogP contribution is -2.57. The van der Waals surface area contributed by atoms with Crippen LogP contribution in [0.5, 0.6) is 5.75 Å². The van der Waals surface area contributed by atoms with Crippen molar-refractivity contribution in [2.45, 2.75) is 95.9 Å². The zero-order valence-electron chi connectivity index (χ0n) is 26.9. The SMILES string of the molecule is COc1ccc(CC(NC(=O)[C@H](CSCC2CCCCC2)NC(=O)[C@@H]2CSCN2C(=O)OC(C)(C)C)C2CCNCC2)cc1. The van der Waals surface area contributed by atoms with Gasteiger partial charge in [0.1, 0.15) is 23.4 Å². The van der Waals surface area contributed by atoms with Crippen LogP contribution in [-0.4, -0.2) is 89.9 Å². The first kappa shape index (κ1) is 34.8. The summed E-state index contributed by atoms with van der Waals surface area (Å²) in [6.07, 6.45) is 8.51. The second-order valence-electron chi connectivity index (χ2n) is 13.3. The van der Waals surface area contributed by atoms with Crippen LogP contribution < -0.4 is 20.7 Å². The number of rotatable bonds is 12. The van der Waals surface area contributed by atoms with E-state index in [-0.39, 0.29) is 17.9 Å². The van der Waals surface area contributed by atoms with Gasteiger partial charge in [-0.1, -0.05) is 31.4 Å².